The summed E-state index contributed by atoms with van der Waals surface area (Å²) < 4.78 is 11.1. The van der Waals surface area contributed by atoms with Crippen LogP contribution in [0.1, 0.15) is 54.5 Å². The molecule has 1 aromatic heterocycles. The van der Waals surface area contributed by atoms with Crippen LogP contribution < -0.4 is 14.8 Å². The molecule has 3 N–H and O–H groups in total. The van der Waals surface area contributed by atoms with Crippen LogP contribution in [0.2, 0.25) is 0 Å². The van der Waals surface area contributed by atoms with E-state index in [0.717, 1.165) is 60.4 Å². The van der Waals surface area contributed by atoms with Crippen LogP contribution in [0.4, 0.5) is 5.82 Å². The number of nitrogens with one attached hydrogen (secondary N) is 2. The Labute approximate surface area is 214 Å². The van der Waals surface area contributed by atoms with Crippen LogP contribution in [0.15, 0.2) is 54.6 Å². The van der Waals surface area contributed by atoms with E-state index in [1.807, 2.05) is 12.1 Å². The van der Waals surface area contributed by atoms with E-state index in [1.165, 1.54) is 5.56 Å². The largest absolute Gasteiger partial charge is 0.481 e. The number of H-pyrrole nitrogens is 1. The third-order valence-corrected chi connectivity index (χ3v) is 7.69. The molecule has 0 radical (unpaired) electrons. The Balaban J connectivity index is 0.000000314. The monoisotopic (exact) mass is 499 g/mol. The molecular weight excluding hydrogens is 470 g/mol. The van der Waals surface area contributed by atoms with Gasteiger partial charge in [-0.25, -0.2) is 0 Å². The van der Waals surface area contributed by atoms with E-state index in [9.17, 15) is 9.59 Å². The van der Waals surface area contributed by atoms with Gasteiger partial charge in [-0.3, -0.25) is 14.7 Å². The maximum absolute atomic E-state index is 12.2. The average molecular weight is 500 g/mol. The number of carboxylic acid groups (broad SMARTS) is 1. The molecule has 2 saturated carbocycles. The molecule has 0 spiro atoms. The number of amides is 1. The molecule has 8 nitrogen and oxygen atoms in total. The van der Waals surface area contributed by atoms with Crippen molar-refractivity contribution in [2.45, 2.75) is 43.9 Å². The fourth-order valence-electron chi connectivity index (χ4n) is 5.05. The number of fused-ring (bicyclic) bond motifs is 2. The first kappa shape index (κ1) is 23.3. The number of ether oxygens (including phenoxy) is 2. The van der Waals surface area contributed by atoms with Crippen molar-refractivity contribution in [1.82, 2.24) is 10.2 Å². The fraction of sp³-hybridized carbons (Fsp3) is 0.345. The molecule has 1 amide bonds. The topological polar surface area (TPSA) is 114 Å². The third-order valence-electron chi connectivity index (χ3n) is 7.69. The quantitative estimate of drug-likeness (QED) is 0.460. The lowest BCUT2D eigenvalue weighted by molar-refractivity contribution is -0.144. The molecule has 1 aliphatic heterocycles. The Kier molecular flexibility index (Phi) is 5.94. The number of nitrogens with zero attached hydrogens (tertiary/aromatic N) is 1. The van der Waals surface area contributed by atoms with Crippen molar-refractivity contribution < 1.29 is 24.2 Å². The zero-order valence-electron chi connectivity index (χ0n) is 20.4. The van der Waals surface area contributed by atoms with Crippen LogP contribution >= 0.6 is 0 Å². The summed E-state index contributed by atoms with van der Waals surface area (Å²) in [6, 6.07) is 16.6. The fourth-order valence-corrected chi connectivity index (χ4v) is 5.05. The summed E-state index contributed by atoms with van der Waals surface area (Å²) in [6.45, 7) is 0.252. The molecule has 37 heavy (non-hydrogen) atoms. The summed E-state index contributed by atoms with van der Waals surface area (Å²) in [7, 11) is 0. The van der Waals surface area contributed by atoms with Gasteiger partial charge in [0.2, 0.25) is 12.7 Å². The van der Waals surface area contributed by atoms with E-state index in [-0.39, 0.29) is 30.0 Å². The predicted molar refractivity (Wildman–Crippen MR) is 137 cm³/mol. The molecule has 0 saturated heterocycles. The number of allylic oxidation sites excluding steroid dienone is 1. The molecule has 3 aromatic rings. The number of anilines is 1. The summed E-state index contributed by atoms with van der Waals surface area (Å²) >= 11 is 0. The van der Waals surface area contributed by atoms with E-state index < -0.39 is 5.97 Å². The summed E-state index contributed by atoms with van der Waals surface area (Å²) in [4.78, 5) is 22.2. The van der Waals surface area contributed by atoms with Gasteiger partial charge < -0.3 is 19.9 Å². The van der Waals surface area contributed by atoms with Gasteiger partial charge in [0.15, 0.2) is 17.3 Å². The highest BCUT2D eigenvalue weighted by Crippen LogP contribution is 2.45. The van der Waals surface area contributed by atoms with Gasteiger partial charge in [-0.2, -0.15) is 5.10 Å². The molecule has 190 valence electrons. The number of rotatable bonds is 5. The molecule has 1 unspecified atom stereocenters. The van der Waals surface area contributed by atoms with Crippen molar-refractivity contribution in [3.8, 4) is 11.5 Å². The van der Waals surface area contributed by atoms with Gasteiger partial charge >= 0.3 is 5.97 Å². The van der Waals surface area contributed by atoms with Gasteiger partial charge in [-0.15, -0.1) is 0 Å². The lowest BCUT2D eigenvalue weighted by atomic mass is 9.68. The van der Waals surface area contributed by atoms with E-state index in [0.29, 0.717) is 12.2 Å². The Morgan fingerprint density at radius 1 is 0.973 bits per heavy atom. The first-order valence-corrected chi connectivity index (χ1v) is 12.8. The summed E-state index contributed by atoms with van der Waals surface area (Å²) in [5.74, 6) is 1.74. The second kappa shape index (κ2) is 9.42. The first-order valence-electron chi connectivity index (χ1n) is 12.8. The van der Waals surface area contributed by atoms with Crippen LogP contribution in [-0.2, 0) is 21.4 Å². The number of carboxylic acids is 1. The minimum atomic E-state index is -0.619. The number of benzene rings is 2. The maximum atomic E-state index is 12.2. The number of carbonyl (C=O) groups excluding carboxylic acids is 1. The Hall–Kier alpha value is -4.07. The summed E-state index contributed by atoms with van der Waals surface area (Å²) in [5.41, 5.74) is 3.89. The number of aromatic amines is 1. The van der Waals surface area contributed by atoms with Crippen LogP contribution in [0.5, 0.6) is 11.5 Å². The summed E-state index contributed by atoms with van der Waals surface area (Å²) in [5, 5.41) is 18.8. The number of aliphatic carboxylic acids is 1. The number of hydrogen-bond acceptors (Lipinski definition) is 5. The van der Waals surface area contributed by atoms with E-state index in [4.69, 9.17) is 14.6 Å². The van der Waals surface area contributed by atoms with Gasteiger partial charge in [-0.05, 0) is 48.9 Å². The lowest BCUT2D eigenvalue weighted by Gasteiger charge is -2.34. The highest BCUT2D eigenvalue weighted by Gasteiger charge is 2.38. The Bertz CT molecular complexity index is 1360. The maximum Gasteiger partial charge on any atom is 0.306 e. The Morgan fingerprint density at radius 2 is 1.76 bits per heavy atom. The van der Waals surface area contributed by atoms with Crippen molar-refractivity contribution in [1.29, 1.82) is 0 Å². The summed E-state index contributed by atoms with van der Waals surface area (Å²) in [6.07, 6.45) is 9.83. The van der Waals surface area contributed by atoms with Gasteiger partial charge in [0, 0.05) is 29.0 Å². The Morgan fingerprint density at radius 3 is 2.43 bits per heavy atom. The normalized spacial score (nSPS) is 21.3. The third kappa shape index (κ3) is 4.48. The SMILES string of the molecule is O=C(Nc1n[nH]c2c1C=CC(c1ccccc1)(c1ccc3c(c1)OCO3)C2)C1CC1.O=C(O)C1CCC1. The van der Waals surface area contributed by atoms with E-state index in [1.54, 1.807) is 0 Å². The molecule has 0 bridgehead atoms. The zero-order valence-corrected chi connectivity index (χ0v) is 20.4. The number of carbonyl (C=O) groups is 2. The molecular formula is C29H29N3O5. The first-order chi connectivity index (χ1) is 18.0. The van der Waals surface area contributed by atoms with E-state index >= 15 is 0 Å². The van der Waals surface area contributed by atoms with Crippen molar-refractivity contribution in [3.63, 3.8) is 0 Å². The molecule has 8 heteroatoms. The highest BCUT2D eigenvalue weighted by molar-refractivity contribution is 5.95. The van der Waals surface area contributed by atoms with Crippen LogP contribution in [-0.4, -0.2) is 34.0 Å². The molecule has 7 rings (SSSR count). The van der Waals surface area contributed by atoms with Gasteiger partial charge in [0.1, 0.15) is 0 Å². The minimum absolute atomic E-state index is 0.000000000000000444. The average Bonchev–Trinajstić information content (AvgIpc) is 3.51. The smallest absolute Gasteiger partial charge is 0.306 e. The van der Waals surface area contributed by atoms with Crippen molar-refractivity contribution in [3.05, 3.63) is 77.0 Å². The lowest BCUT2D eigenvalue weighted by Crippen LogP contribution is -2.30. The molecule has 3 aliphatic carbocycles. The second-order valence-electron chi connectivity index (χ2n) is 10.1. The van der Waals surface area contributed by atoms with Crippen LogP contribution in [0.3, 0.4) is 0 Å². The van der Waals surface area contributed by atoms with Crippen LogP contribution in [0, 0.1) is 11.8 Å². The van der Waals surface area contributed by atoms with Gasteiger partial charge in [0.25, 0.3) is 0 Å². The zero-order chi connectivity index (χ0) is 25.4. The number of aromatic nitrogens is 2. The second-order valence-corrected chi connectivity index (χ2v) is 10.1. The van der Waals surface area contributed by atoms with Gasteiger partial charge in [0.05, 0.1) is 5.92 Å². The molecule has 2 aromatic carbocycles. The molecule has 4 aliphatic rings. The van der Waals surface area contributed by atoms with Crippen molar-refractivity contribution >= 4 is 23.8 Å². The van der Waals surface area contributed by atoms with Crippen molar-refractivity contribution in [2.75, 3.05) is 12.1 Å². The predicted octanol–water partition coefficient (Wildman–Crippen LogP) is 4.91. The van der Waals surface area contributed by atoms with Gasteiger partial charge in [-0.1, -0.05) is 55.0 Å². The van der Waals surface area contributed by atoms with Crippen molar-refractivity contribution in [2.24, 2.45) is 11.8 Å². The number of hydrogen-bond donors (Lipinski definition) is 3. The minimum Gasteiger partial charge on any atom is -0.481 e. The van der Waals surface area contributed by atoms with E-state index in [2.05, 4.69) is 64.1 Å². The molecule has 1 atom stereocenters. The molecule has 2 fully saturated rings. The highest BCUT2D eigenvalue weighted by atomic mass is 16.7. The molecule has 2 heterocycles. The standard InChI is InChI=1S/C24H21N3O3.C5H8O2/c28-23(15-6-7-15)25-22-18-10-11-24(13-19(18)26-27-22,16-4-2-1-3-5-16)17-8-9-20-21(12-17)30-14-29-20;6-5(7)4-2-1-3-4/h1-5,8-12,15H,6-7,13-14H2,(H2,25,26,27,28);4H,1-3H2,(H,6,7). The van der Waals surface area contributed by atoms with Crippen LogP contribution in [0.25, 0.3) is 6.08 Å².